The molecule has 4 nitrogen and oxygen atoms in total. The first-order valence-electron chi connectivity index (χ1n) is 6.72. The monoisotopic (exact) mass is 242 g/mol. The summed E-state index contributed by atoms with van der Waals surface area (Å²) in [6.45, 7) is 11.1. The lowest BCUT2D eigenvalue weighted by molar-refractivity contribution is -0.137. The summed E-state index contributed by atoms with van der Waals surface area (Å²) in [5.41, 5.74) is 0. The van der Waals surface area contributed by atoms with E-state index in [4.69, 9.17) is 0 Å². The maximum Gasteiger partial charge on any atom is 0.239 e. The fraction of sp³-hybridized carbons (Fsp3) is 0.923. The quantitative estimate of drug-likeness (QED) is 0.798. The van der Waals surface area contributed by atoms with Crippen molar-refractivity contribution in [2.45, 2.75) is 46.3 Å². The Hall–Kier alpha value is -0.610. The molecule has 17 heavy (non-hydrogen) atoms. The lowest BCUT2D eigenvalue weighted by Crippen LogP contribution is -2.53. The van der Waals surface area contributed by atoms with E-state index >= 15 is 0 Å². The number of carbonyl (C=O) groups is 1. The number of aliphatic hydroxyl groups excluding tert-OH is 1. The lowest BCUT2D eigenvalue weighted by Gasteiger charge is -2.38. The molecule has 1 aliphatic heterocycles. The van der Waals surface area contributed by atoms with Gasteiger partial charge in [0.1, 0.15) is 0 Å². The molecule has 100 valence electrons. The summed E-state index contributed by atoms with van der Waals surface area (Å²) in [6.07, 6.45) is 0.674. The van der Waals surface area contributed by atoms with Crippen molar-refractivity contribution in [2.24, 2.45) is 5.92 Å². The second-order valence-electron chi connectivity index (χ2n) is 5.01. The van der Waals surface area contributed by atoms with Crippen molar-refractivity contribution in [3.8, 4) is 0 Å². The van der Waals surface area contributed by atoms with Crippen LogP contribution in [0.5, 0.6) is 0 Å². The highest BCUT2D eigenvalue weighted by Crippen LogP contribution is 2.19. The molecule has 1 fully saturated rings. The maximum atomic E-state index is 12.2. The van der Waals surface area contributed by atoms with Crippen LogP contribution in [0.15, 0.2) is 0 Å². The van der Waals surface area contributed by atoms with E-state index < -0.39 is 0 Å². The number of hydrogen-bond donors (Lipinski definition) is 1. The molecule has 1 saturated heterocycles. The molecule has 0 spiro atoms. The third-order valence-electron chi connectivity index (χ3n) is 3.93. The Balaban J connectivity index is 2.57. The normalized spacial score (nSPS) is 27.8. The van der Waals surface area contributed by atoms with Crippen molar-refractivity contribution >= 4 is 5.91 Å². The highest BCUT2D eigenvalue weighted by Gasteiger charge is 2.31. The summed E-state index contributed by atoms with van der Waals surface area (Å²) in [5.74, 6) is 0.527. The molecule has 4 heteroatoms. The van der Waals surface area contributed by atoms with Crippen LogP contribution in [0.1, 0.15) is 34.1 Å². The van der Waals surface area contributed by atoms with E-state index in [9.17, 15) is 9.90 Å². The van der Waals surface area contributed by atoms with Crippen molar-refractivity contribution < 1.29 is 9.90 Å². The van der Waals surface area contributed by atoms with Crippen LogP contribution >= 0.6 is 0 Å². The second-order valence-corrected chi connectivity index (χ2v) is 5.01. The molecule has 3 atom stereocenters. The second kappa shape index (κ2) is 6.36. The highest BCUT2D eigenvalue weighted by molar-refractivity contribution is 5.81. The number of rotatable bonds is 4. The summed E-state index contributed by atoms with van der Waals surface area (Å²) in [7, 11) is 0. The van der Waals surface area contributed by atoms with Gasteiger partial charge in [-0.3, -0.25) is 9.69 Å². The molecule has 0 aromatic rings. The fourth-order valence-corrected chi connectivity index (χ4v) is 2.38. The Morgan fingerprint density at radius 1 is 1.47 bits per heavy atom. The molecule has 0 aromatic heterocycles. The van der Waals surface area contributed by atoms with E-state index in [-0.39, 0.29) is 18.1 Å². The molecule has 1 N–H and O–H groups in total. The Labute approximate surface area is 105 Å². The van der Waals surface area contributed by atoms with E-state index in [1.54, 1.807) is 0 Å². The van der Waals surface area contributed by atoms with Gasteiger partial charge in [-0.25, -0.2) is 0 Å². The van der Waals surface area contributed by atoms with E-state index in [1.807, 2.05) is 25.7 Å². The molecule has 0 aromatic carbocycles. The van der Waals surface area contributed by atoms with Crippen molar-refractivity contribution in [3.05, 3.63) is 0 Å². The highest BCUT2D eigenvalue weighted by atomic mass is 16.3. The van der Waals surface area contributed by atoms with Gasteiger partial charge in [-0.15, -0.1) is 0 Å². The van der Waals surface area contributed by atoms with E-state index in [0.717, 1.165) is 26.1 Å². The molecule has 1 amide bonds. The van der Waals surface area contributed by atoms with Crippen molar-refractivity contribution in [1.29, 1.82) is 0 Å². The van der Waals surface area contributed by atoms with E-state index in [0.29, 0.717) is 12.5 Å². The third kappa shape index (κ3) is 3.42. The van der Waals surface area contributed by atoms with Crippen LogP contribution in [0.2, 0.25) is 0 Å². The largest absolute Gasteiger partial charge is 0.392 e. The minimum Gasteiger partial charge on any atom is -0.392 e. The number of carbonyl (C=O) groups excluding carboxylic acids is 1. The molecule has 3 unspecified atom stereocenters. The summed E-state index contributed by atoms with van der Waals surface area (Å²) in [4.78, 5) is 16.2. The lowest BCUT2D eigenvalue weighted by atomic mass is 9.95. The van der Waals surface area contributed by atoms with Crippen LogP contribution in [0.4, 0.5) is 0 Å². The average molecular weight is 242 g/mol. The van der Waals surface area contributed by atoms with Gasteiger partial charge in [0, 0.05) is 19.6 Å². The number of likely N-dealkylation sites (N-methyl/N-ethyl adjacent to an activating group) is 1. The number of nitrogens with zero attached hydrogens (tertiary/aromatic N) is 2. The molecule has 1 rings (SSSR count). The standard InChI is InChI=1S/C13H26N2O2/c1-5-14(6-2)13(17)11(4)15-8-7-10(3)12(16)9-15/h10-12,16H,5-9H2,1-4H3. The predicted octanol–water partition coefficient (Wildman–Crippen LogP) is 0.946. The SMILES string of the molecule is CCN(CC)C(=O)C(C)N1CCC(C)C(O)C1. The van der Waals surface area contributed by atoms with Gasteiger partial charge in [0.25, 0.3) is 0 Å². The Morgan fingerprint density at radius 3 is 2.53 bits per heavy atom. The minimum atomic E-state index is -0.296. The number of hydrogen-bond acceptors (Lipinski definition) is 3. The van der Waals surface area contributed by atoms with Gasteiger partial charge in [0.05, 0.1) is 12.1 Å². The van der Waals surface area contributed by atoms with Crippen LogP contribution in [0.3, 0.4) is 0 Å². The first kappa shape index (κ1) is 14.5. The molecule has 1 heterocycles. The van der Waals surface area contributed by atoms with Crippen LogP contribution < -0.4 is 0 Å². The molecule has 0 saturated carbocycles. The fourth-order valence-electron chi connectivity index (χ4n) is 2.38. The van der Waals surface area contributed by atoms with E-state index in [1.165, 1.54) is 0 Å². The first-order valence-corrected chi connectivity index (χ1v) is 6.72. The van der Waals surface area contributed by atoms with Crippen LogP contribution in [-0.2, 0) is 4.79 Å². The molecule has 0 aliphatic carbocycles. The topological polar surface area (TPSA) is 43.8 Å². The minimum absolute atomic E-state index is 0.114. The van der Waals surface area contributed by atoms with Crippen LogP contribution in [-0.4, -0.2) is 59.1 Å². The molecule has 0 radical (unpaired) electrons. The number of β-amino-alcohol motifs (C(OH)–C–C–N with tert-alkyl or cyclic N) is 1. The van der Waals surface area contributed by atoms with Gasteiger partial charge in [-0.1, -0.05) is 6.92 Å². The van der Waals surface area contributed by atoms with Crippen LogP contribution in [0.25, 0.3) is 0 Å². The number of amides is 1. The number of likely N-dealkylation sites (tertiary alicyclic amines) is 1. The van der Waals surface area contributed by atoms with E-state index in [2.05, 4.69) is 11.8 Å². The first-order chi connectivity index (χ1) is 8.01. The average Bonchev–Trinajstić information content (AvgIpc) is 2.33. The van der Waals surface area contributed by atoms with Crippen molar-refractivity contribution in [1.82, 2.24) is 9.80 Å². The zero-order valence-electron chi connectivity index (χ0n) is 11.5. The molecular formula is C13H26N2O2. The Morgan fingerprint density at radius 2 is 2.06 bits per heavy atom. The van der Waals surface area contributed by atoms with Crippen molar-refractivity contribution in [2.75, 3.05) is 26.2 Å². The third-order valence-corrected chi connectivity index (χ3v) is 3.93. The molecule has 0 bridgehead atoms. The molecular weight excluding hydrogens is 216 g/mol. The predicted molar refractivity (Wildman–Crippen MR) is 68.8 cm³/mol. The zero-order valence-corrected chi connectivity index (χ0v) is 11.5. The summed E-state index contributed by atoms with van der Waals surface area (Å²) in [6, 6.07) is -0.114. The zero-order chi connectivity index (χ0) is 13.0. The van der Waals surface area contributed by atoms with Gasteiger partial charge in [0.15, 0.2) is 0 Å². The number of aliphatic hydroxyl groups is 1. The number of piperidine rings is 1. The summed E-state index contributed by atoms with van der Waals surface area (Å²) in [5, 5.41) is 9.87. The van der Waals surface area contributed by atoms with Gasteiger partial charge in [-0.05, 0) is 39.7 Å². The van der Waals surface area contributed by atoms with Crippen molar-refractivity contribution in [3.63, 3.8) is 0 Å². The van der Waals surface area contributed by atoms with Gasteiger partial charge in [0.2, 0.25) is 5.91 Å². The Kier molecular flexibility index (Phi) is 5.40. The Bertz CT molecular complexity index is 254. The summed E-state index contributed by atoms with van der Waals surface area (Å²) < 4.78 is 0. The van der Waals surface area contributed by atoms with Crippen LogP contribution in [0, 0.1) is 5.92 Å². The van der Waals surface area contributed by atoms with Gasteiger partial charge in [-0.2, -0.15) is 0 Å². The van der Waals surface area contributed by atoms with Gasteiger partial charge < -0.3 is 10.0 Å². The summed E-state index contributed by atoms with van der Waals surface area (Å²) >= 11 is 0. The molecule has 1 aliphatic rings. The maximum absolute atomic E-state index is 12.2. The smallest absolute Gasteiger partial charge is 0.239 e. The van der Waals surface area contributed by atoms with Gasteiger partial charge >= 0.3 is 0 Å².